The molecule has 0 unspecified atom stereocenters. The van der Waals surface area contributed by atoms with E-state index in [1.54, 1.807) is 22.8 Å². The van der Waals surface area contributed by atoms with Crippen LogP contribution in [-0.4, -0.2) is 69.9 Å². The Kier molecular flexibility index (Phi) is 8.41. The number of rotatable bonds is 8. The SMILES string of the molecule is COc1ccc(CCNC(=O)C2CCN(S(=O)(=O)N3C[C@@H](C)C[C@H](C)C3)CC2)cc1OC. The lowest BCUT2D eigenvalue weighted by atomic mass is 9.94. The van der Waals surface area contributed by atoms with Gasteiger partial charge in [-0.05, 0) is 55.2 Å². The van der Waals surface area contributed by atoms with E-state index in [0.717, 1.165) is 12.0 Å². The average Bonchev–Trinajstić information content (AvgIpc) is 2.78. The summed E-state index contributed by atoms with van der Waals surface area (Å²) in [6.45, 7) is 6.71. The Morgan fingerprint density at radius 2 is 1.66 bits per heavy atom. The molecule has 1 aromatic carbocycles. The molecule has 0 spiro atoms. The number of nitrogens with one attached hydrogen (secondary N) is 1. The molecule has 2 aliphatic rings. The molecular weight excluding hydrogens is 430 g/mol. The van der Waals surface area contributed by atoms with Gasteiger partial charge >= 0.3 is 0 Å². The highest BCUT2D eigenvalue weighted by atomic mass is 32.2. The number of amides is 1. The van der Waals surface area contributed by atoms with E-state index >= 15 is 0 Å². The minimum Gasteiger partial charge on any atom is -0.493 e. The predicted molar refractivity (Wildman–Crippen MR) is 124 cm³/mol. The van der Waals surface area contributed by atoms with Crippen molar-refractivity contribution in [3.05, 3.63) is 23.8 Å². The molecule has 2 heterocycles. The molecule has 9 heteroatoms. The van der Waals surface area contributed by atoms with Gasteiger partial charge in [-0.1, -0.05) is 19.9 Å². The zero-order chi connectivity index (χ0) is 23.3. The van der Waals surface area contributed by atoms with Crippen LogP contribution in [0.15, 0.2) is 18.2 Å². The Hall–Kier alpha value is -1.84. The lowest BCUT2D eigenvalue weighted by molar-refractivity contribution is -0.126. The molecule has 180 valence electrons. The van der Waals surface area contributed by atoms with Crippen LogP contribution < -0.4 is 14.8 Å². The maximum atomic E-state index is 13.1. The second-order valence-corrected chi connectivity index (χ2v) is 11.1. The Morgan fingerprint density at radius 3 is 2.25 bits per heavy atom. The topological polar surface area (TPSA) is 88.2 Å². The number of ether oxygens (including phenoxy) is 2. The average molecular weight is 468 g/mol. The molecule has 1 amide bonds. The summed E-state index contributed by atoms with van der Waals surface area (Å²) in [4.78, 5) is 12.6. The standard InChI is InChI=1S/C23H37N3O5S/c1-17-13-18(2)16-26(15-17)32(28,29)25-11-8-20(9-12-25)23(27)24-10-7-19-5-6-21(30-3)22(14-19)31-4/h5-6,14,17-18,20H,7-13,15-16H2,1-4H3,(H,24,27)/t17-,18-/m0/s1. The molecule has 8 nitrogen and oxygen atoms in total. The Bertz CT molecular complexity index is 874. The highest BCUT2D eigenvalue weighted by Crippen LogP contribution is 2.29. The molecular formula is C23H37N3O5S. The summed E-state index contributed by atoms with van der Waals surface area (Å²) in [5.41, 5.74) is 1.05. The number of piperidine rings is 2. The number of carbonyl (C=O) groups excluding carboxylic acids is 1. The van der Waals surface area contributed by atoms with Crippen molar-refractivity contribution < 1.29 is 22.7 Å². The van der Waals surface area contributed by atoms with Gasteiger partial charge < -0.3 is 14.8 Å². The zero-order valence-corrected chi connectivity index (χ0v) is 20.5. The third-order valence-corrected chi connectivity index (χ3v) is 8.44. The van der Waals surface area contributed by atoms with E-state index in [-0.39, 0.29) is 11.8 Å². The molecule has 0 saturated carbocycles. The van der Waals surface area contributed by atoms with Crippen LogP contribution in [0.5, 0.6) is 11.5 Å². The first-order valence-corrected chi connectivity index (χ1v) is 12.9. The van der Waals surface area contributed by atoms with Gasteiger partial charge in [0, 0.05) is 38.6 Å². The second-order valence-electron chi connectivity index (χ2n) is 9.17. The Balaban J connectivity index is 1.46. The lowest BCUT2D eigenvalue weighted by Gasteiger charge is -2.39. The largest absolute Gasteiger partial charge is 0.493 e. The van der Waals surface area contributed by atoms with Crippen molar-refractivity contribution >= 4 is 16.1 Å². The lowest BCUT2D eigenvalue weighted by Crippen LogP contribution is -2.52. The fraction of sp³-hybridized carbons (Fsp3) is 0.696. The van der Waals surface area contributed by atoms with E-state index in [2.05, 4.69) is 19.2 Å². The molecule has 0 radical (unpaired) electrons. The molecule has 0 aliphatic carbocycles. The van der Waals surface area contributed by atoms with Gasteiger partial charge in [-0.15, -0.1) is 0 Å². The van der Waals surface area contributed by atoms with E-state index in [4.69, 9.17) is 9.47 Å². The van der Waals surface area contributed by atoms with E-state index < -0.39 is 10.2 Å². The van der Waals surface area contributed by atoms with Crippen LogP contribution in [0.1, 0.15) is 38.7 Å². The number of hydrogen-bond acceptors (Lipinski definition) is 5. The zero-order valence-electron chi connectivity index (χ0n) is 19.7. The van der Waals surface area contributed by atoms with Crippen molar-refractivity contribution in [1.82, 2.24) is 13.9 Å². The summed E-state index contributed by atoms with van der Waals surface area (Å²) in [7, 11) is -0.254. The maximum Gasteiger partial charge on any atom is 0.281 e. The fourth-order valence-corrected chi connectivity index (χ4v) is 6.70. The molecule has 0 aromatic heterocycles. The number of benzene rings is 1. The van der Waals surface area contributed by atoms with Gasteiger partial charge in [0.1, 0.15) is 0 Å². The van der Waals surface area contributed by atoms with E-state index in [1.165, 1.54) is 0 Å². The molecule has 3 rings (SSSR count). The van der Waals surface area contributed by atoms with Gasteiger partial charge in [0.2, 0.25) is 5.91 Å². The summed E-state index contributed by atoms with van der Waals surface area (Å²) in [5.74, 6) is 1.96. The molecule has 2 saturated heterocycles. The van der Waals surface area contributed by atoms with E-state index in [1.807, 2.05) is 18.2 Å². The predicted octanol–water partition coefficient (Wildman–Crippen LogP) is 2.30. The summed E-state index contributed by atoms with van der Waals surface area (Å²) in [5, 5.41) is 3.01. The summed E-state index contributed by atoms with van der Waals surface area (Å²) in [6, 6.07) is 5.73. The second kappa shape index (κ2) is 10.9. The van der Waals surface area contributed by atoms with Gasteiger partial charge in [-0.2, -0.15) is 17.0 Å². The fourth-order valence-electron chi connectivity index (χ4n) is 4.82. The first-order chi connectivity index (χ1) is 15.2. The number of nitrogens with zero attached hydrogens (tertiary/aromatic N) is 2. The minimum absolute atomic E-state index is 0.00254. The Morgan fingerprint density at radius 1 is 1.03 bits per heavy atom. The van der Waals surface area contributed by atoms with Crippen molar-refractivity contribution in [2.24, 2.45) is 17.8 Å². The van der Waals surface area contributed by atoms with Gasteiger partial charge in [-0.3, -0.25) is 4.79 Å². The quantitative estimate of drug-likeness (QED) is 0.634. The molecule has 32 heavy (non-hydrogen) atoms. The summed E-state index contributed by atoms with van der Waals surface area (Å²) < 4.78 is 39.9. The number of carbonyl (C=O) groups is 1. The summed E-state index contributed by atoms with van der Waals surface area (Å²) in [6.07, 6.45) is 2.86. The third kappa shape index (κ3) is 5.94. The van der Waals surface area contributed by atoms with Crippen molar-refractivity contribution in [2.45, 2.75) is 39.5 Å². The van der Waals surface area contributed by atoms with Crippen LogP contribution in [0.2, 0.25) is 0 Å². The number of hydrogen-bond donors (Lipinski definition) is 1. The van der Waals surface area contributed by atoms with Gasteiger partial charge in [-0.25, -0.2) is 0 Å². The van der Waals surface area contributed by atoms with Crippen LogP contribution in [-0.2, 0) is 21.4 Å². The Labute approximate surface area is 192 Å². The first kappa shape index (κ1) is 24.8. The molecule has 0 bridgehead atoms. The van der Waals surface area contributed by atoms with Crippen LogP contribution in [0.4, 0.5) is 0 Å². The minimum atomic E-state index is -3.45. The molecule has 2 aliphatic heterocycles. The molecule has 1 N–H and O–H groups in total. The summed E-state index contributed by atoms with van der Waals surface area (Å²) >= 11 is 0. The first-order valence-electron chi connectivity index (χ1n) is 11.5. The van der Waals surface area contributed by atoms with Crippen molar-refractivity contribution in [3.8, 4) is 11.5 Å². The van der Waals surface area contributed by atoms with Crippen LogP contribution in [0.25, 0.3) is 0 Å². The maximum absolute atomic E-state index is 13.1. The van der Waals surface area contributed by atoms with Gasteiger partial charge in [0.15, 0.2) is 11.5 Å². The molecule has 2 atom stereocenters. The van der Waals surface area contributed by atoms with Crippen LogP contribution >= 0.6 is 0 Å². The van der Waals surface area contributed by atoms with Crippen molar-refractivity contribution in [3.63, 3.8) is 0 Å². The van der Waals surface area contributed by atoms with Crippen molar-refractivity contribution in [2.75, 3.05) is 46.9 Å². The normalized spacial score (nSPS) is 23.6. The monoisotopic (exact) mass is 467 g/mol. The van der Waals surface area contributed by atoms with Crippen LogP contribution in [0.3, 0.4) is 0 Å². The highest BCUT2D eigenvalue weighted by Gasteiger charge is 2.37. The molecule has 1 aromatic rings. The van der Waals surface area contributed by atoms with Crippen molar-refractivity contribution in [1.29, 1.82) is 0 Å². The molecule has 2 fully saturated rings. The van der Waals surface area contributed by atoms with Gasteiger partial charge in [0.05, 0.1) is 14.2 Å². The van der Waals surface area contributed by atoms with E-state index in [0.29, 0.717) is 75.3 Å². The van der Waals surface area contributed by atoms with Gasteiger partial charge in [0.25, 0.3) is 10.2 Å². The number of methoxy groups -OCH3 is 2. The smallest absolute Gasteiger partial charge is 0.281 e. The van der Waals surface area contributed by atoms with Crippen LogP contribution in [0, 0.1) is 17.8 Å². The van der Waals surface area contributed by atoms with E-state index in [9.17, 15) is 13.2 Å². The third-order valence-electron chi connectivity index (χ3n) is 6.47. The highest BCUT2D eigenvalue weighted by molar-refractivity contribution is 7.86.